The van der Waals surface area contributed by atoms with Crippen LogP contribution in [-0.2, 0) is 14.6 Å². The van der Waals surface area contributed by atoms with Gasteiger partial charge < -0.3 is 9.64 Å². The molecule has 130 valence electrons. The fourth-order valence-electron chi connectivity index (χ4n) is 2.57. The maximum atomic E-state index is 12.8. The van der Waals surface area contributed by atoms with Gasteiger partial charge >= 0.3 is 0 Å². The average Bonchev–Trinajstić information content (AvgIpc) is 2.95. The molecule has 0 aromatic heterocycles. The van der Waals surface area contributed by atoms with Crippen LogP contribution < -0.4 is 9.64 Å². The monoisotopic (exact) mass is 421 g/mol. The molecule has 0 radical (unpaired) electrons. The smallest absolute Gasteiger partial charge is 0.265 e. The van der Waals surface area contributed by atoms with Crippen molar-refractivity contribution in [2.24, 2.45) is 0 Å². The third-order valence-corrected chi connectivity index (χ3v) is 5.63. The van der Waals surface area contributed by atoms with Crippen molar-refractivity contribution in [3.05, 3.63) is 70.6 Å². The molecule has 0 N–H and O–H groups in total. The zero-order valence-electron chi connectivity index (χ0n) is 13.2. The molecule has 0 bridgehead atoms. The van der Waals surface area contributed by atoms with Crippen molar-refractivity contribution < 1.29 is 17.9 Å². The van der Waals surface area contributed by atoms with Gasteiger partial charge in [-0.25, -0.2) is 8.42 Å². The number of ether oxygens (including phenoxy) is 1. The lowest BCUT2D eigenvalue weighted by atomic mass is 10.2. The minimum atomic E-state index is -3.28. The van der Waals surface area contributed by atoms with Crippen molar-refractivity contribution in [3.8, 4) is 5.75 Å². The summed E-state index contributed by atoms with van der Waals surface area (Å²) < 4.78 is 29.9. The molecule has 1 amide bonds. The number of halogens is 1. The van der Waals surface area contributed by atoms with Crippen LogP contribution in [0.1, 0.15) is 0 Å². The van der Waals surface area contributed by atoms with E-state index < -0.39 is 15.9 Å². The zero-order chi connectivity index (χ0) is 17.9. The van der Waals surface area contributed by atoms with Gasteiger partial charge in [0.25, 0.3) is 5.91 Å². The number of rotatable bonds is 5. The Morgan fingerprint density at radius 3 is 2.40 bits per heavy atom. The van der Waals surface area contributed by atoms with Crippen LogP contribution in [0.15, 0.2) is 70.6 Å². The second-order valence-corrected chi connectivity index (χ2v) is 8.41. The molecule has 7 heteroatoms. The van der Waals surface area contributed by atoms with Crippen LogP contribution in [0.25, 0.3) is 0 Å². The van der Waals surface area contributed by atoms with Gasteiger partial charge in [0, 0.05) is 15.6 Å². The highest BCUT2D eigenvalue weighted by Crippen LogP contribution is 2.25. The second-order valence-electron chi connectivity index (χ2n) is 5.57. The van der Waals surface area contributed by atoms with E-state index >= 15 is 0 Å². The van der Waals surface area contributed by atoms with Gasteiger partial charge in [0.2, 0.25) is 0 Å². The summed E-state index contributed by atoms with van der Waals surface area (Å²) in [5.74, 6) is 0.152. The molecule has 5 nitrogen and oxygen atoms in total. The van der Waals surface area contributed by atoms with E-state index in [4.69, 9.17) is 4.74 Å². The molecular weight excluding hydrogens is 406 g/mol. The largest absolute Gasteiger partial charge is 0.484 e. The van der Waals surface area contributed by atoms with E-state index in [1.165, 1.54) is 11.0 Å². The zero-order valence-corrected chi connectivity index (χ0v) is 15.6. The van der Waals surface area contributed by atoms with Crippen LogP contribution in [0.3, 0.4) is 0 Å². The van der Waals surface area contributed by atoms with Crippen molar-refractivity contribution in [1.82, 2.24) is 0 Å². The van der Waals surface area contributed by atoms with Crippen molar-refractivity contribution in [2.45, 2.75) is 6.04 Å². The molecule has 1 heterocycles. The fourth-order valence-corrected chi connectivity index (χ4v) is 4.11. The quantitative estimate of drug-likeness (QED) is 0.743. The van der Waals surface area contributed by atoms with Gasteiger partial charge in [0.05, 0.1) is 11.8 Å². The lowest BCUT2D eigenvalue weighted by Gasteiger charge is -2.27. The molecule has 0 aliphatic carbocycles. The Bertz CT molecular complexity index is 879. The summed E-state index contributed by atoms with van der Waals surface area (Å²) in [6.07, 6.45) is 1.54. The van der Waals surface area contributed by atoms with E-state index in [0.717, 1.165) is 9.88 Å². The predicted octanol–water partition coefficient (Wildman–Crippen LogP) is 3.17. The third kappa shape index (κ3) is 4.49. The second kappa shape index (κ2) is 7.41. The number of hydrogen-bond donors (Lipinski definition) is 0. The molecular formula is C18H16BrNO4S. The Labute approximate surface area is 155 Å². The van der Waals surface area contributed by atoms with E-state index in [2.05, 4.69) is 15.9 Å². The van der Waals surface area contributed by atoms with E-state index in [-0.39, 0.29) is 18.3 Å². The van der Waals surface area contributed by atoms with Crippen LogP contribution >= 0.6 is 15.9 Å². The van der Waals surface area contributed by atoms with Gasteiger partial charge in [-0.05, 0) is 42.5 Å². The summed E-state index contributed by atoms with van der Waals surface area (Å²) in [5.41, 5.74) is 0.622. The summed E-state index contributed by atoms with van der Waals surface area (Å²) in [6.45, 7) is -0.176. The molecule has 3 rings (SSSR count). The molecule has 1 atom stereocenters. The molecule has 0 saturated carbocycles. The van der Waals surface area contributed by atoms with Crippen LogP contribution in [0.4, 0.5) is 5.69 Å². The van der Waals surface area contributed by atoms with Gasteiger partial charge in [-0.2, -0.15) is 0 Å². The standard InChI is InChI=1S/C18H16BrNO4S/c19-14-6-8-15(9-7-14)20(16-10-11-25(22,23)13-16)18(21)12-24-17-4-2-1-3-5-17/h1-11,16H,12-13H2/t16-/m1/s1. The molecule has 0 saturated heterocycles. The van der Waals surface area contributed by atoms with Gasteiger partial charge in [-0.15, -0.1) is 0 Å². The molecule has 0 spiro atoms. The SMILES string of the molecule is O=C(COc1ccccc1)N(c1ccc(Br)cc1)[C@@H]1C=CS(=O)(=O)C1. The normalized spacial score (nSPS) is 18.0. The Morgan fingerprint density at radius 1 is 1.12 bits per heavy atom. The highest BCUT2D eigenvalue weighted by Gasteiger charge is 2.31. The minimum absolute atomic E-state index is 0.125. The van der Waals surface area contributed by atoms with Crippen LogP contribution in [-0.4, -0.2) is 32.7 Å². The lowest BCUT2D eigenvalue weighted by Crippen LogP contribution is -2.43. The average molecular weight is 422 g/mol. The number of benzene rings is 2. The highest BCUT2D eigenvalue weighted by molar-refractivity contribution is 9.10. The molecule has 0 unspecified atom stereocenters. The van der Waals surface area contributed by atoms with Crippen molar-refractivity contribution in [3.63, 3.8) is 0 Å². The van der Waals surface area contributed by atoms with Gasteiger partial charge in [-0.1, -0.05) is 34.1 Å². The number of amides is 1. The summed E-state index contributed by atoms with van der Waals surface area (Å²) in [7, 11) is -3.28. The first kappa shape index (κ1) is 17.7. The lowest BCUT2D eigenvalue weighted by molar-refractivity contribution is -0.120. The van der Waals surface area contributed by atoms with E-state index in [9.17, 15) is 13.2 Å². The number of sulfone groups is 1. The molecule has 25 heavy (non-hydrogen) atoms. The van der Waals surface area contributed by atoms with E-state index in [0.29, 0.717) is 11.4 Å². The number of para-hydroxylation sites is 1. The van der Waals surface area contributed by atoms with Crippen molar-refractivity contribution in [2.75, 3.05) is 17.3 Å². The maximum Gasteiger partial charge on any atom is 0.265 e. The number of nitrogens with zero attached hydrogens (tertiary/aromatic N) is 1. The Morgan fingerprint density at radius 2 is 1.80 bits per heavy atom. The van der Waals surface area contributed by atoms with Gasteiger partial charge in [0.15, 0.2) is 16.4 Å². The maximum absolute atomic E-state index is 12.8. The fraction of sp³-hybridized carbons (Fsp3) is 0.167. The highest BCUT2D eigenvalue weighted by atomic mass is 79.9. The number of anilines is 1. The number of carbonyl (C=O) groups is 1. The molecule has 1 aliphatic rings. The summed E-state index contributed by atoms with van der Waals surface area (Å²) in [5, 5.41) is 1.16. The molecule has 1 aliphatic heterocycles. The topological polar surface area (TPSA) is 63.7 Å². The van der Waals surface area contributed by atoms with Crippen molar-refractivity contribution in [1.29, 1.82) is 0 Å². The minimum Gasteiger partial charge on any atom is -0.484 e. The molecule has 2 aromatic rings. The Kier molecular flexibility index (Phi) is 5.24. The van der Waals surface area contributed by atoms with Crippen molar-refractivity contribution >= 4 is 37.4 Å². The Hall–Kier alpha value is -2.12. The summed E-state index contributed by atoms with van der Waals surface area (Å²) in [4.78, 5) is 14.2. The van der Waals surface area contributed by atoms with Crippen LogP contribution in [0, 0.1) is 0 Å². The predicted molar refractivity (Wildman–Crippen MR) is 100 cm³/mol. The summed E-state index contributed by atoms with van der Waals surface area (Å²) in [6, 6.07) is 15.6. The van der Waals surface area contributed by atoms with Gasteiger partial charge in [-0.3, -0.25) is 4.79 Å². The van der Waals surface area contributed by atoms with E-state index in [1.807, 2.05) is 18.2 Å². The summed E-state index contributed by atoms with van der Waals surface area (Å²) >= 11 is 3.36. The molecule has 2 aromatic carbocycles. The number of hydrogen-bond acceptors (Lipinski definition) is 4. The molecule has 0 fully saturated rings. The number of carbonyl (C=O) groups excluding carboxylic acids is 1. The first-order chi connectivity index (χ1) is 11.9. The first-order valence-electron chi connectivity index (χ1n) is 7.61. The first-order valence-corrected chi connectivity index (χ1v) is 10.1. The Balaban J connectivity index is 1.82. The third-order valence-electron chi connectivity index (χ3n) is 3.72. The van der Waals surface area contributed by atoms with Gasteiger partial charge in [0.1, 0.15) is 5.75 Å². The van der Waals surface area contributed by atoms with E-state index in [1.54, 1.807) is 36.4 Å². The van der Waals surface area contributed by atoms with Crippen LogP contribution in [0.5, 0.6) is 5.75 Å². The van der Waals surface area contributed by atoms with Crippen LogP contribution in [0.2, 0.25) is 0 Å².